The predicted molar refractivity (Wildman–Crippen MR) is 96.5 cm³/mol. The molecule has 0 heterocycles. The fraction of sp³-hybridized carbons (Fsp3) is 0.381. The summed E-state index contributed by atoms with van der Waals surface area (Å²) in [6.07, 6.45) is 2.51. The molecule has 0 radical (unpaired) electrons. The number of nitrogens with one attached hydrogen (secondary N) is 1. The van der Waals surface area contributed by atoms with E-state index >= 15 is 0 Å². The smallest absolute Gasteiger partial charge is 0.305 e. The van der Waals surface area contributed by atoms with E-state index in [0.717, 1.165) is 29.2 Å². The van der Waals surface area contributed by atoms with Crippen molar-refractivity contribution < 1.29 is 19.5 Å². The lowest BCUT2D eigenvalue weighted by Gasteiger charge is -2.52. The van der Waals surface area contributed by atoms with Crippen molar-refractivity contribution in [1.82, 2.24) is 5.32 Å². The highest BCUT2D eigenvalue weighted by atomic mass is 16.4. The summed E-state index contributed by atoms with van der Waals surface area (Å²) in [7, 11) is 0. The highest BCUT2D eigenvalue weighted by Gasteiger charge is 2.54. The number of fused-ring (bicyclic) bond motifs is 1. The monoisotopic (exact) mass is 351 g/mol. The van der Waals surface area contributed by atoms with Gasteiger partial charge in [-0.25, -0.2) is 0 Å². The van der Waals surface area contributed by atoms with Gasteiger partial charge in [0.05, 0.1) is 12.5 Å². The average Bonchev–Trinajstić information content (AvgIpc) is 2.55. The first-order valence-electron chi connectivity index (χ1n) is 8.97. The van der Waals surface area contributed by atoms with E-state index in [0.29, 0.717) is 12.8 Å². The van der Waals surface area contributed by atoms with Crippen LogP contribution in [0.5, 0.6) is 0 Å². The average molecular weight is 351 g/mol. The molecule has 0 saturated heterocycles. The Balaban J connectivity index is 1.53. The topological polar surface area (TPSA) is 83.5 Å². The molecule has 2 saturated carbocycles. The number of carboxylic acids is 1. The van der Waals surface area contributed by atoms with Crippen LogP contribution >= 0.6 is 0 Å². The first-order chi connectivity index (χ1) is 12.5. The zero-order chi connectivity index (χ0) is 18.3. The van der Waals surface area contributed by atoms with Gasteiger partial charge >= 0.3 is 5.97 Å². The van der Waals surface area contributed by atoms with Crippen LogP contribution in [0.25, 0.3) is 10.8 Å². The summed E-state index contributed by atoms with van der Waals surface area (Å²) in [6.45, 7) is 0. The standard InChI is InChI=1S/C21H21NO4/c23-15-11-21(12-15)9-14(10-21)20(26)22-18(8-19(24)25)17-7-3-5-13-4-1-2-6-16(13)17/h1-7,14,18H,8-12H2,(H,22,26)(H,24,25)/t18-/m1/s1. The lowest BCUT2D eigenvalue weighted by atomic mass is 9.51. The molecule has 134 valence electrons. The molecule has 4 rings (SSSR count). The molecule has 26 heavy (non-hydrogen) atoms. The first kappa shape index (κ1) is 16.8. The maximum Gasteiger partial charge on any atom is 0.305 e. The third-order valence-corrected chi connectivity index (χ3v) is 5.77. The van der Waals surface area contributed by atoms with Gasteiger partial charge in [-0.1, -0.05) is 42.5 Å². The minimum absolute atomic E-state index is 0.0564. The molecular weight excluding hydrogens is 330 g/mol. The highest BCUT2D eigenvalue weighted by Crippen LogP contribution is 2.57. The number of benzene rings is 2. The van der Waals surface area contributed by atoms with E-state index in [1.165, 1.54) is 0 Å². The minimum atomic E-state index is -0.946. The van der Waals surface area contributed by atoms with E-state index in [1.54, 1.807) is 0 Å². The van der Waals surface area contributed by atoms with Crippen molar-refractivity contribution in [3.63, 3.8) is 0 Å². The molecule has 2 aliphatic carbocycles. The van der Waals surface area contributed by atoms with Gasteiger partial charge in [0.15, 0.2) is 0 Å². The van der Waals surface area contributed by atoms with Crippen molar-refractivity contribution in [2.24, 2.45) is 11.3 Å². The summed E-state index contributed by atoms with van der Waals surface area (Å²) >= 11 is 0. The van der Waals surface area contributed by atoms with Gasteiger partial charge in [0.2, 0.25) is 5.91 Å². The molecule has 1 spiro atoms. The van der Waals surface area contributed by atoms with Gasteiger partial charge in [-0.05, 0) is 34.6 Å². The Bertz CT molecular complexity index is 883. The van der Waals surface area contributed by atoms with Crippen molar-refractivity contribution >= 4 is 28.4 Å². The number of carbonyl (C=O) groups is 3. The molecule has 5 nitrogen and oxygen atoms in total. The molecule has 0 unspecified atom stereocenters. The van der Waals surface area contributed by atoms with Crippen molar-refractivity contribution in [2.75, 3.05) is 0 Å². The van der Waals surface area contributed by atoms with Crippen molar-refractivity contribution in [1.29, 1.82) is 0 Å². The van der Waals surface area contributed by atoms with E-state index < -0.39 is 12.0 Å². The molecule has 1 atom stereocenters. The van der Waals surface area contributed by atoms with Crippen LogP contribution < -0.4 is 5.32 Å². The van der Waals surface area contributed by atoms with Crippen LogP contribution in [0.1, 0.15) is 43.7 Å². The molecule has 1 amide bonds. The van der Waals surface area contributed by atoms with Crippen LogP contribution in [0.4, 0.5) is 0 Å². The number of Topliss-reactive ketones (excluding diaryl/α,β-unsaturated/α-hetero) is 1. The molecule has 2 fully saturated rings. The van der Waals surface area contributed by atoms with E-state index in [2.05, 4.69) is 5.32 Å². The Morgan fingerprint density at radius 3 is 2.50 bits per heavy atom. The predicted octanol–water partition coefficient (Wildman–Crippen LogP) is 3.23. The Labute approximate surface area is 151 Å². The number of amides is 1. The van der Waals surface area contributed by atoms with Crippen molar-refractivity contribution in [3.05, 3.63) is 48.0 Å². The molecule has 0 aromatic heterocycles. The zero-order valence-corrected chi connectivity index (χ0v) is 14.4. The number of ketones is 1. The molecule has 0 aliphatic heterocycles. The summed E-state index contributed by atoms with van der Waals surface area (Å²) in [6, 6.07) is 12.9. The van der Waals surface area contributed by atoms with Gasteiger partial charge < -0.3 is 10.4 Å². The van der Waals surface area contributed by atoms with Gasteiger partial charge in [0, 0.05) is 18.8 Å². The normalized spacial score (nSPS) is 19.6. The Morgan fingerprint density at radius 2 is 1.81 bits per heavy atom. The van der Waals surface area contributed by atoms with E-state index in [9.17, 15) is 19.5 Å². The van der Waals surface area contributed by atoms with E-state index in [1.807, 2.05) is 42.5 Å². The van der Waals surface area contributed by atoms with Crippen LogP contribution in [0, 0.1) is 11.3 Å². The molecule has 2 aromatic rings. The third kappa shape index (κ3) is 2.98. The summed E-state index contributed by atoms with van der Waals surface area (Å²) in [5.41, 5.74) is 0.882. The summed E-state index contributed by atoms with van der Waals surface area (Å²) in [4.78, 5) is 35.2. The number of hydrogen-bond acceptors (Lipinski definition) is 3. The number of carboxylic acid groups (broad SMARTS) is 1. The quantitative estimate of drug-likeness (QED) is 0.866. The van der Waals surface area contributed by atoms with Gasteiger partial charge in [0.1, 0.15) is 5.78 Å². The second-order valence-electron chi connectivity index (χ2n) is 7.72. The molecule has 5 heteroatoms. The maximum absolute atomic E-state index is 12.6. The molecular formula is C21H21NO4. The minimum Gasteiger partial charge on any atom is -0.481 e. The van der Waals surface area contributed by atoms with Gasteiger partial charge in [-0.3, -0.25) is 14.4 Å². The summed E-state index contributed by atoms with van der Waals surface area (Å²) in [5, 5.41) is 14.2. The lowest BCUT2D eigenvalue weighted by molar-refractivity contribution is -0.151. The molecule has 2 aromatic carbocycles. The van der Waals surface area contributed by atoms with E-state index in [-0.39, 0.29) is 29.4 Å². The largest absolute Gasteiger partial charge is 0.481 e. The number of hydrogen-bond donors (Lipinski definition) is 2. The number of rotatable bonds is 5. The van der Waals surface area contributed by atoms with Crippen LogP contribution in [0.15, 0.2) is 42.5 Å². The second kappa shape index (κ2) is 6.24. The zero-order valence-electron chi connectivity index (χ0n) is 14.4. The van der Waals surface area contributed by atoms with Gasteiger partial charge in [-0.15, -0.1) is 0 Å². The Morgan fingerprint density at radius 1 is 1.12 bits per heavy atom. The third-order valence-electron chi connectivity index (χ3n) is 5.77. The lowest BCUT2D eigenvalue weighted by Crippen LogP contribution is -2.52. The molecule has 2 N–H and O–H groups in total. The van der Waals surface area contributed by atoms with Crippen LogP contribution in [0.2, 0.25) is 0 Å². The van der Waals surface area contributed by atoms with Crippen molar-refractivity contribution in [2.45, 2.75) is 38.1 Å². The van der Waals surface area contributed by atoms with Crippen LogP contribution in [0.3, 0.4) is 0 Å². The fourth-order valence-electron chi connectivity index (χ4n) is 4.50. The molecule has 2 aliphatic rings. The van der Waals surface area contributed by atoms with E-state index in [4.69, 9.17) is 0 Å². The van der Waals surface area contributed by atoms with Crippen LogP contribution in [-0.2, 0) is 14.4 Å². The van der Waals surface area contributed by atoms with Gasteiger partial charge in [-0.2, -0.15) is 0 Å². The highest BCUT2D eigenvalue weighted by molar-refractivity contribution is 5.90. The fourth-order valence-corrected chi connectivity index (χ4v) is 4.50. The SMILES string of the molecule is O=C(O)C[C@@H](NC(=O)C1CC2(CC(=O)C2)C1)c1cccc2ccccc12. The maximum atomic E-state index is 12.6. The van der Waals surface area contributed by atoms with Gasteiger partial charge in [0.25, 0.3) is 0 Å². The molecule has 0 bridgehead atoms. The summed E-state index contributed by atoms with van der Waals surface area (Å²) < 4.78 is 0. The summed E-state index contributed by atoms with van der Waals surface area (Å²) in [5.74, 6) is -0.884. The van der Waals surface area contributed by atoms with Crippen molar-refractivity contribution in [3.8, 4) is 0 Å². The van der Waals surface area contributed by atoms with Crippen LogP contribution in [-0.4, -0.2) is 22.8 Å². The number of carbonyl (C=O) groups excluding carboxylic acids is 2. The first-order valence-corrected chi connectivity index (χ1v) is 8.97. The Kier molecular flexibility index (Phi) is 4.02. The second-order valence-corrected chi connectivity index (χ2v) is 7.72. The number of aliphatic carboxylic acids is 1. The Hall–Kier alpha value is -2.69.